The predicted molar refractivity (Wildman–Crippen MR) is 65.9 cm³/mol. The topological polar surface area (TPSA) is 56.7 Å². The second kappa shape index (κ2) is 4.35. The first-order chi connectivity index (χ1) is 7.59. The zero-order valence-corrected chi connectivity index (χ0v) is 10.8. The summed E-state index contributed by atoms with van der Waals surface area (Å²) in [6, 6.07) is 5.58. The fourth-order valence-corrected chi connectivity index (χ4v) is 2.24. The molecular weight excluding hydrogens is 268 g/mol. The normalized spacial score (nSPS) is 12.8. The van der Waals surface area contributed by atoms with Crippen LogP contribution in [0.1, 0.15) is 23.1 Å². The predicted octanol–water partition coefficient (Wildman–Crippen LogP) is 1.93. The molecule has 84 valence electrons. The first kappa shape index (κ1) is 11.3. The maximum absolute atomic E-state index is 6.18. The summed E-state index contributed by atoms with van der Waals surface area (Å²) in [5, 5.41) is 4.15. The zero-order chi connectivity index (χ0) is 11.7. The van der Waals surface area contributed by atoms with Gasteiger partial charge in [-0.1, -0.05) is 6.07 Å². The number of halogens is 1. The molecular formula is C11H13BrN4. The monoisotopic (exact) mass is 280 g/mol. The minimum Gasteiger partial charge on any atom is -0.318 e. The van der Waals surface area contributed by atoms with Gasteiger partial charge >= 0.3 is 0 Å². The van der Waals surface area contributed by atoms with E-state index in [2.05, 4.69) is 26.0 Å². The Bertz CT molecular complexity index is 487. The Morgan fingerprint density at radius 3 is 2.75 bits per heavy atom. The van der Waals surface area contributed by atoms with E-state index in [1.165, 1.54) is 0 Å². The molecule has 2 heterocycles. The van der Waals surface area contributed by atoms with E-state index in [0.717, 1.165) is 21.6 Å². The molecule has 2 N–H and O–H groups in total. The molecule has 0 aliphatic rings. The van der Waals surface area contributed by atoms with Gasteiger partial charge < -0.3 is 5.73 Å². The van der Waals surface area contributed by atoms with Gasteiger partial charge in [-0.25, -0.2) is 0 Å². The van der Waals surface area contributed by atoms with Crippen molar-refractivity contribution in [3.63, 3.8) is 0 Å². The maximum atomic E-state index is 6.18. The number of rotatable bonds is 2. The summed E-state index contributed by atoms with van der Waals surface area (Å²) in [5.74, 6) is 0. The number of hydrogen-bond donors (Lipinski definition) is 1. The second-order valence-corrected chi connectivity index (χ2v) is 4.54. The smallest absolute Gasteiger partial charge is 0.0908 e. The number of pyridine rings is 1. The van der Waals surface area contributed by atoms with E-state index in [9.17, 15) is 0 Å². The van der Waals surface area contributed by atoms with E-state index in [1.807, 2.05) is 32.2 Å². The molecule has 2 aromatic rings. The van der Waals surface area contributed by atoms with E-state index >= 15 is 0 Å². The quantitative estimate of drug-likeness (QED) is 0.915. The van der Waals surface area contributed by atoms with Gasteiger partial charge in [0.2, 0.25) is 0 Å². The summed E-state index contributed by atoms with van der Waals surface area (Å²) in [6.07, 6.45) is 1.74. The Labute approximate surface area is 103 Å². The Morgan fingerprint density at radius 1 is 1.44 bits per heavy atom. The third-order valence-corrected chi connectivity index (χ3v) is 3.07. The van der Waals surface area contributed by atoms with Crippen LogP contribution in [0, 0.1) is 6.92 Å². The van der Waals surface area contributed by atoms with Crippen LogP contribution < -0.4 is 5.73 Å². The van der Waals surface area contributed by atoms with Crippen LogP contribution in [-0.4, -0.2) is 14.8 Å². The highest BCUT2D eigenvalue weighted by atomic mass is 79.9. The Morgan fingerprint density at radius 2 is 2.19 bits per heavy atom. The molecule has 16 heavy (non-hydrogen) atoms. The number of nitrogens with two attached hydrogens (primary N) is 1. The van der Waals surface area contributed by atoms with Crippen molar-refractivity contribution in [2.45, 2.75) is 13.0 Å². The molecule has 1 atom stereocenters. The van der Waals surface area contributed by atoms with E-state index in [-0.39, 0.29) is 6.04 Å². The maximum Gasteiger partial charge on any atom is 0.0908 e. The van der Waals surface area contributed by atoms with Crippen molar-refractivity contribution in [2.24, 2.45) is 12.8 Å². The molecule has 4 nitrogen and oxygen atoms in total. The molecule has 0 radical (unpaired) electrons. The van der Waals surface area contributed by atoms with Crippen molar-refractivity contribution in [3.8, 4) is 0 Å². The van der Waals surface area contributed by atoms with Crippen molar-refractivity contribution >= 4 is 15.9 Å². The Balaban J connectivity index is 2.43. The number of hydrogen-bond acceptors (Lipinski definition) is 3. The van der Waals surface area contributed by atoms with Crippen LogP contribution in [-0.2, 0) is 7.05 Å². The first-order valence-electron chi connectivity index (χ1n) is 4.96. The molecule has 0 saturated heterocycles. The standard InChI is InChI=1S/C11H13BrN4/c1-7-4-3-5-9(15-7)10(13)11-8(12)6-14-16(11)2/h3-6,10H,13H2,1-2H3. The average molecular weight is 281 g/mol. The van der Waals surface area contributed by atoms with Crippen LogP contribution in [0.3, 0.4) is 0 Å². The number of aryl methyl sites for hydroxylation is 2. The summed E-state index contributed by atoms with van der Waals surface area (Å²) in [7, 11) is 1.87. The molecule has 0 aliphatic heterocycles. The van der Waals surface area contributed by atoms with Crippen molar-refractivity contribution in [1.82, 2.24) is 14.8 Å². The minimum atomic E-state index is -0.262. The van der Waals surface area contributed by atoms with Gasteiger partial charge in [-0.05, 0) is 35.0 Å². The molecule has 5 heteroatoms. The highest BCUT2D eigenvalue weighted by Gasteiger charge is 2.17. The third kappa shape index (κ3) is 2.01. The van der Waals surface area contributed by atoms with E-state index < -0.39 is 0 Å². The highest BCUT2D eigenvalue weighted by molar-refractivity contribution is 9.10. The molecule has 0 saturated carbocycles. The van der Waals surface area contributed by atoms with Gasteiger partial charge in [0.15, 0.2) is 0 Å². The van der Waals surface area contributed by atoms with E-state index in [1.54, 1.807) is 10.9 Å². The Kier molecular flexibility index (Phi) is 3.07. The van der Waals surface area contributed by atoms with Crippen molar-refractivity contribution in [2.75, 3.05) is 0 Å². The van der Waals surface area contributed by atoms with E-state index in [4.69, 9.17) is 5.73 Å². The molecule has 0 spiro atoms. The lowest BCUT2D eigenvalue weighted by Gasteiger charge is -2.12. The number of nitrogens with zero attached hydrogens (tertiary/aromatic N) is 3. The fourth-order valence-electron chi connectivity index (χ4n) is 1.65. The second-order valence-electron chi connectivity index (χ2n) is 3.68. The van der Waals surface area contributed by atoms with Gasteiger partial charge in [0.25, 0.3) is 0 Å². The van der Waals surface area contributed by atoms with Crippen LogP contribution in [0.2, 0.25) is 0 Å². The molecule has 0 fully saturated rings. The largest absolute Gasteiger partial charge is 0.318 e. The zero-order valence-electron chi connectivity index (χ0n) is 9.18. The lowest BCUT2D eigenvalue weighted by Crippen LogP contribution is -2.18. The van der Waals surface area contributed by atoms with Crippen LogP contribution in [0.5, 0.6) is 0 Å². The van der Waals surface area contributed by atoms with Crippen molar-refractivity contribution < 1.29 is 0 Å². The molecule has 0 aliphatic carbocycles. The number of aromatic nitrogens is 3. The first-order valence-corrected chi connectivity index (χ1v) is 5.75. The molecule has 1 unspecified atom stereocenters. The van der Waals surface area contributed by atoms with E-state index in [0.29, 0.717) is 0 Å². The van der Waals surface area contributed by atoms with Crippen LogP contribution in [0.15, 0.2) is 28.9 Å². The summed E-state index contributed by atoms with van der Waals surface area (Å²) in [6.45, 7) is 1.95. The van der Waals surface area contributed by atoms with Gasteiger partial charge in [-0.3, -0.25) is 9.67 Å². The fraction of sp³-hybridized carbons (Fsp3) is 0.273. The van der Waals surface area contributed by atoms with Crippen LogP contribution in [0.4, 0.5) is 0 Å². The molecule has 2 aromatic heterocycles. The SMILES string of the molecule is Cc1cccc(C(N)c2c(Br)cnn2C)n1. The lowest BCUT2D eigenvalue weighted by molar-refractivity contribution is 0.661. The molecule has 0 aromatic carbocycles. The summed E-state index contributed by atoms with van der Waals surface area (Å²) in [5.41, 5.74) is 8.92. The molecule has 0 amide bonds. The van der Waals surface area contributed by atoms with Crippen LogP contribution in [0.25, 0.3) is 0 Å². The van der Waals surface area contributed by atoms with Gasteiger partial charge in [0.05, 0.1) is 28.1 Å². The minimum absolute atomic E-state index is 0.262. The highest BCUT2D eigenvalue weighted by Crippen LogP contribution is 2.25. The van der Waals surface area contributed by atoms with Gasteiger partial charge in [-0.2, -0.15) is 5.10 Å². The van der Waals surface area contributed by atoms with Gasteiger partial charge in [0.1, 0.15) is 0 Å². The lowest BCUT2D eigenvalue weighted by atomic mass is 10.1. The molecule has 2 rings (SSSR count). The van der Waals surface area contributed by atoms with Crippen LogP contribution >= 0.6 is 15.9 Å². The summed E-state index contributed by atoms with van der Waals surface area (Å²) < 4.78 is 2.67. The van der Waals surface area contributed by atoms with Crippen molar-refractivity contribution in [3.05, 3.63) is 46.0 Å². The Hall–Kier alpha value is -1.20. The third-order valence-electron chi connectivity index (χ3n) is 2.46. The van der Waals surface area contributed by atoms with Gasteiger partial charge in [0, 0.05) is 12.7 Å². The summed E-state index contributed by atoms with van der Waals surface area (Å²) in [4.78, 5) is 4.42. The molecule has 0 bridgehead atoms. The van der Waals surface area contributed by atoms with Gasteiger partial charge in [-0.15, -0.1) is 0 Å². The van der Waals surface area contributed by atoms with Crippen molar-refractivity contribution in [1.29, 1.82) is 0 Å². The average Bonchev–Trinajstić information content (AvgIpc) is 2.58. The summed E-state index contributed by atoms with van der Waals surface area (Å²) >= 11 is 3.44.